The Morgan fingerprint density at radius 2 is 1.36 bits per heavy atom. The minimum atomic E-state index is -4.33. The van der Waals surface area contributed by atoms with Gasteiger partial charge in [-0.05, 0) is 61.9 Å². The molecule has 1 unspecified atom stereocenters. The number of nitrogens with one attached hydrogen (secondary N) is 1. The van der Waals surface area contributed by atoms with Gasteiger partial charge in [-0.1, -0.05) is 50.2 Å². The van der Waals surface area contributed by atoms with Crippen molar-refractivity contribution in [2.75, 3.05) is 0 Å². The summed E-state index contributed by atoms with van der Waals surface area (Å²) in [5.74, 6) is 0.420. The standard InChI is InChI=1S/C22H28F3NOS/c1-15(2)14-20(26-28(27)21(3,4)5)18-8-6-16(7-9-18)17-10-12-19(13-11-17)22(23,24)25/h6-13,15,20,26H,14H2,1-5H3/t20-,28?/m1/s1. The van der Waals surface area contributed by atoms with E-state index in [0.717, 1.165) is 35.2 Å². The van der Waals surface area contributed by atoms with Crippen molar-refractivity contribution < 1.29 is 17.7 Å². The van der Waals surface area contributed by atoms with Crippen molar-refractivity contribution in [1.29, 1.82) is 0 Å². The van der Waals surface area contributed by atoms with E-state index in [-0.39, 0.29) is 10.8 Å². The summed E-state index contributed by atoms with van der Waals surface area (Å²) >= 11 is -1.19. The van der Waals surface area contributed by atoms with Crippen molar-refractivity contribution in [3.63, 3.8) is 0 Å². The lowest BCUT2D eigenvalue weighted by Gasteiger charge is -2.29. The molecule has 0 saturated carbocycles. The molecule has 154 valence electrons. The first-order valence-electron chi connectivity index (χ1n) is 9.33. The van der Waals surface area contributed by atoms with E-state index in [2.05, 4.69) is 18.6 Å². The fourth-order valence-electron chi connectivity index (χ4n) is 2.79. The molecule has 0 heterocycles. The monoisotopic (exact) mass is 411 g/mol. The molecular formula is C22H28F3NOS. The van der Waals surface area contributed by atoms with Crippen LogP contribution in [0.5, 0.6) is 0 Å². The second-order valence-corrected chi connectivity index (χ2v) is 10.4. The van der Waals surface area contributed by atoms with E-state index in [1.165, 1.54) is 12.1 Å². The van der Waals surface area contributed by atoms with Crippen LogP contribution in [0.15, 0.2) is 48.5 Å². The molecule has 0 radical (unpaired) electrons. The average molecular weight is 412 g/mol. The molecule has 0 fully saturated rings. The number of benzene rings is 2. The predicted octanol–water partition coefficient (Wildman–Crippen LogP) is 6.51. The van der Waals surface area contributed by atoms with E-state index in [1.807, 2.05) is 45.0 Å². The summed E-state index contributed by atoms with van der Waals surface area (Å²) in [7, 11) is 0. The fraction of sp³-hybridized carbons (Fsp3) is 0.455. The van der Waals surface area contributed by atoms with Gasteiger partial charge in [0.2, 0.25) is 0 Å². The Hall–Kier alpha value is -1.50. The number of hydrogen-bond acceptors (Lipinski definition) is 2. The highest BCUT2D eigenvalue weighted by Gasteiger charge is 2.31. The number of hydrogen-bond donors (Lipinski definition) is 1. The quantitative estimate of drug-likeness (QED) is 0.550. The van der Waals surface area contributed by atoms with Gasteiger partial charge in [0.05, 0.1) is 11.6 Å². The van der Waals surface area contributed by atoms with Crippen LogP contribution in [0, 0.1) is 5.92 Å². The third-order valence-electron chi connectivity index (χ3n) is 4.37. The van der Waals surface area contributed by atoms with Crippen LogP contribution in [-0.4, -0.2) is 9.30 Å². The number of halogens is 3. The molecule has 2 rings (SSSR count). The van der Waals surface area contributed by atoms with E-state index in [1.54, 1.807) is 0 Å². The summed E-state index contributed by atoms with van der Waals surface area (Å²) < 4.78 is 53.6. The largest absolute Gasteiger partial charge is 0.598 e. The summed E-state index contributed by atoms with van der Waals surface area (Å²) in [4.78, 5) is 0. The Kier molecular flexibility index (Phi) is 7.23. The molecule has 0 saturated heterocycles. The molecule has 0 bridgehead atoms. The maximum atomic E-state index is 12.7. The molecule has 0 aliphatic rings. The smallest absolute Gasteiger partial charge is 0.416 e. The summed E-state index contributed by atoms with van der Waals surface area (Å²) in [6.07, 6.45) is -3.50. The third kappa shape index (κ3) is 6.26. The Bertz CT molecular complexity index is 749. The van der Waals surface area contributed by atoms with Crippen LogP contribution in [-0.2, 0) is 17.5 Å². The first kappa shape index (κ1) is 22.8. The maximum absolute atomic E-state index is 12.7. The summed E-state index contributed by atoms with van der Waals surface area (Å²) in [6.45, 7) is 10.0. The minimum Gasteiger partial charge on any atom is -0.598 e. The van der Waals surface area contributed by atoms with Crippen molar-refractivity contribution in [3.05, 3.63) is 59.7 Å². The number of alkyl halides is 3. The first-order valence-corrected chi connectivity index (χ1v) is 10.5. The second-order valence-electron chi connectivity index (χ2n) is 8.38. The summed E-state index contributed by atoms with van der Waals surface area (Å²) in [5.41, 5.74) is 1.93. The van der Waals surface area contributed by atoms with Crippen LogP contribution in [0.25, 0.3) is 11.1 Å². The second kappa shape index (κ2) is 8.89. The molecule has 0 aliphatic carbocycles. The molecule has 2 aromatic rings. The van der Waals surface area contributed by atoms with Crippen molar-refractivity contribution >= 4 is 11.4 Å². The highest BCUT2D eigenvalue weighted by Crippen LogP contribution is 2.32. The van der Waals surface area contributed by atoms with E-state index in [9.17, 15) is 17.7 Å². The molecule has 1 N–H and O–H groups in total. The molecule has 28 heavy (non-hydrogen) atoms. The normalized spacial score (nSPS) is 14.9. The zero-order valence-electron chi connectivity index (χ0n) is 16.9. The molecule has 2 nitrogen and oxygen atoms in total. The zero-order chi connectivity index (χ0) is 21.1. The summed E-state index contributed by atoms with van der Waals surface area (Å²) in [6, 6.07) is 12.8. The molecular weight excluding hydrogens is 383 g/mol. The molecule has 0 aliphatic heterocycles. The SMILES string of the molecule is CC(C)C[C@@H](N[S+]([O-])C(C)(C)C)c1ccc(-c2ccc(C(F)(F)F)cc2)cc1. The van der Waals surface area contributed by atoms with Gasteiger partial charge in [-0.3, -0.25) is 0 Å². The minimum absolute atomic E-state index is 0.0540. The fourth-order valence-corrected chi connectivity index (χ4v) is 3.63. The molecule has 0 amide bonds. The lowest BCUT2D eigenvalue weighted by molar-refractivity contribution is -0.137. The Balaban J connectivity index is 2.22. The van der Waals surface area contributed by atoms with Crippen molar-refractivity contribution in [2.45, 2.75) is 58.0 Å². The topological polar surface area (TPSA) is 35.1 Å². The van der Waals surface area contributed by atoms with Gasteiger partial charge in [-0.25, -0.2) is 0 Å². The molecule has 6 heteroatoms. The molecule has 0 spiro atoms. The highest BCUT2D eigenvalue weighted by molar-refractivity contribution is 7.90. The summed E-state index contributed by atoms with van der Waals surface area (Å²) in [5, 5.41) is 0. The van der Waals surface area contributed by atoms with Crippen molar-refractivity contribution in [1.82, 2.24) is 4.72 Å². The van der Waals surface area contributed by atoms with Crippen LogP contribution < -0.4 is 4.72 Å². The average Bonchev–Trinajstić information content (AvgIpc) is 2.59. The predicted molar refractivity (Wildman–Crippen MR) is 110 cm³/mol. The van der Waals surface area contributed by atoms with Gasteiger partial charge in [0.25, 0.3) is 0 Å². The van der Waals surface area contributed by atoms with E-state index in [0.29, 0.717) is 5.92 Å². The van der Waals surface area contributed by atoms with Crippen LogP contribution >= 0.6 is 0 Å². The molecule has 2 aromatic carbocycles. The van der Waals surface area contributed by atoms with Gasteiger partial charge in [-0.2, -0.15) is 13.2 Å². The molecule has 2 atom stereocenters. The van der Waals surface area contributed by atoms with Gasteiger partial charge >= 0.3 is 6.18 Å². The first-order chi connectivity index (χ1) is 12.9. The number of rotatable bonds is 6. The highest BCUT2D eigenvalue weighted by atomic mass is 32.2. The van der Waals surface area contributed by atoms with Crippen LogP contribution in [0.1, 0.15) is 58.2 Å². The van der Waals surface area contributed by atoms with Gasteiger partial charge in [0, 0.05) is 11.4 Å². The molecule has 0 aromatic heterocycles. The van der Waals surface area contributed by atoms with Gasteiger partial charge in [0.1, 0.15) is 4.75 Å². The zero-order valence-corrected chi connectivity index (χ0v) is 17.7. The Morgan fingerprint density at radius 1 is 0.893 bits per heavy atom. The van der Waals surface area contributed by atoms with Gasteiger partial charge in [0.15, 0.2) is 0 Å². The lowest BCUT2D eigenvalue weighted by Crippen LogP contribution is -2.41. The third-order valence-corrected chi connectivity index (χ3v) is 5.98. The lowest BCUT2D eigenvalue weighted by atomic mass is 9.95. The van der Waals surface area contributed by atoms with Crippen LogP contribution in [0.3, 0.4) is 0 Å². The van der Waals surface area contributed by atoms with Gasteiger partial charge in [-0.15, -0.1) is 4.72 Å². The van der Waals surface area contributed by atoms with Crippen LogP contribution in [0.4, 0.5) is 13.2 Å². The maximum Gasteiger partial charge on any atom is 0.416 e. The van der Waals surface area contributed by atoms with Crippen LogP contribution in [0.2, 0.25) is 0 Å². The van der Waals surface area contributed by atoms with Crippen molar-refractivity contribution in [3.8, 4) is 11.1 Å². The van der Waals surface area contributed by atoms with Gasteiger partial charge < -0.3 is 4.55 Å². The Morgan fingerprint density at radius 3 is 1.75 bits per heavy atom. The van der Waals surface area contributed by atoms with E-state index in [4.69, 9.17) is 0 Å². The van der Waals surface area contributed by atoms with Crippen molar-refractivity contribution in [2.24, 2.45) is 5.92 Å². The van der Waals surface area contributed by atoms with E-state index >= 15 is 0 Å². The Labute approximate surface area is 168 Å². The van der Waals surface area contributed by atoms with E-state index < -0.39 is 23.1 Å².